The highest BCUT2D eigenvalue weighted by atomic mass is 35.5. The van der Waals surface area contributed by atoms with Crippen molar-refractivity contribution in [1.29, 1.82) is 0 Å². The lowest BCUT2D eigenvalue weighted by atomic mass is 10.3. The van der Waals surface area contributed by atoms with E-state index in [9.17, 15) is 0 Å². The summed E-state index contributed by atoms with van der Waals surface area (Å²) in [6, 6.07) is 3.29. The van der Waals surface area contributed by atoms with E-state index in [1.165, 1.54) is 7.11 Å². The molecule has 0 saturated carbocycles. The first-order valence-corrected chi connectivity index (χ1v) is 3.94. The third-order valence-electron chi connectivity index (χ3n) is 1.29. The minimum Gasteiger partial charge on any atom is -0.480 e. The Kier molecular flexibility index (Phi) is 2.83. The van der Waals surface area contributed by atoms with Gasteiger partial charge in [0.05, 0.1) is 12.7 Å². The number of ether oxygens (including phenoxy) is 1. The van der Waals surface area contributed by atoms with Gasteiger partial charge in [0.1, 0.15) is 10.1 Å². The number of pyridine rings is 1. The van der Waals surface area contributed by atoms with Crippen molar-refractivity contribution in [1.82, 2.24) is 4.98 Å². The molecule has 0 unspecified atom stereocenters. The molecule has 1 aromatic rings. The molecular formula is C7H7ClN2OS. The molecule has 1 heterocycles. The lowest BCUT2D eigenvalue weighted by molar-refractivity contribution is 0.397. The number of methoxy groups -OCH3 is 1. The van der Waals surface area contributed by atoms with Gasteiger partial charge in [0.15, 0.2) is 0 Å². The van der Waals surface area contributed by atoms with Crippen LogP contribution < -0.4 is 10.5 Å². The van der Waals surface area contributed by atoms with Gasteiger partial charge >= 0.3 is 0 Å². The number of nitrogens with zero attached hydrogens (tertiary/aromatic N) is 1. The summed E-state index contributed by atoms with van der Waals surface area (Å²) in [6.07, 6.45) is 0. The van der Waals surface area contributed by atoms with E-state index in [0.29, 0.717) is 16.6 Å². The second-order valence-corrected chi connectivity index (χ2v) is 2.88. The summed E-state index contributed by atoms with van der Waals surface area (Å²) >= 11 is 10.4. The average Bonchev–Trinajstić information content (AvgIpc) is 2.03. The Bertz CT molecular complexity index is 316. The fourth-order valence-corrected chi connectivity index (χ4v) is 1.06. The summed E-state index contributed by atoms with van der Waals surface area (Å²) in [4.78, 5) is 4.13. The molecule has 0 amide bonds. The van der Waals surface area contributed by atoms with Crippen molar-refractivity contribution in [3.05, 3.63) is 22.8 Å². The first-order chi connectivity index (χ1) is 5.65. The first kappa shape index (κ1) is 9.22. The zero-order chi connectivity index (χ0) is 9.14. The van der Waals surface area contributed by atoms with E-state index in [2.05, 4.69) is 4.98 Å². The maximum Gasteiger partial charge on any atom is 0.224 e. The molecule has 0 aliphatic rings. The molecule has 5 heteroatoms. The van der Waals surface area contributed by atoms with Crippen LogP contribution in [0.4, 0.5) is 0 Å². The molecule has 0 aliphatic heterocycles. The minimum atomic E-state index is 0.246. The van der Waals surface area contributed by atoms with Gasteiger partial charge in [0, 0.05) is 0 Å². The molecule has 12 heavy (non-hydrogen) atoms. The molecule has 0 bridgehead atoms. The van der Waals surface area contributed by atoms with E-state index in [1.807, 2.05) is 0 Å². The highest BCUT2D eigenvalue weighted by Crippen LogP contribution is 2.17. The topological polar surface area (TPSA) is 48.1 Å². The van der Waals surface area contributed by atoms with Gasteiger partial charge in [-0.1, -0.05) is 23.8 Å². The van der Waals surface area contributed by atoms with Gasteiger partial charge in [-0.05, 0) is 12.1 Å². The summed E-state index contributed by atoms with van der Waals surface area (Å²) in [5.74, 6) is 0.356. The molecule has 1 rings (SSSR count). The molecule has 0 fully saturated rings. The Labute approximate surface area is 80.5 Å². The summed E-state index contributed by atoms with van der Waals surface area (Å²) in [5, 5.41) is 0.354. The number of hydrogen-bond acceptors (Lipinski definition) is 3. The molecule has 0 aromatic carbocycles. The molecule has 0 radical (unpaired) electrons. The molecule has 0 saturated heterocycles. The zero-order valence-electron chi connectivity index (χ0n) is 6.37. The van der Waals surface area contributed by atoms with E-state index in [1.54, 1.807) is 12.1 Å². The summed E-state index contributed by atoms with van der Waals surface area (Å²) in [7, 11) is 1.49. The van der Waals surface area contributed by atoms with Gasteiger partial charge in [0.2, 0.25) is 5.88 Å². The van der Waals surface area contributed by atoms with E-state index in [-0.39, 0.29) is 4.99 Å². The van der Waals surface area contributed by atoms with E-state index in [4.69, 9.17) is 34.3 Å². The Hall–Kier alpha value is -0.870. The van der Waals surface area contributed by atoms with Crippen LogP contribution >= 0.6 is 23.8 Å². The predicted molar refractivity (Wildman–Crippen MR) is 51.7 cm³/mol. The number of halogens is 1. The molecule has 64 valence electrons. The van der Waals surface area contributed by atoms with Crippen molar-refractivity contribution in [3.8, 4) is 5.88 Å². The fourth-order valence-electron chi connectivity index (χ4n) is 0.761. The number of nitrogens with two attached hydrogens (primary N) is 1. The van der Waals surface area contributed by atoms with Gasteiger partial charge in [-0.15, -0.1) is 0 Å². The lowest BCUT2D eigenvalue weighted by Crippen LogP contribution is -2.11. The SMILES string of the molecule is COc1nc(Cl)ccc1C(N)=S. The van der Waals surface area contributed by atoms with E-state index in [0.717, 1.165) is 0 Å². The number of rotatable bonds is 2. The van der Waals surface area contributed by atoms with Crippen molar-refractivity contribution >= 4 is 28.8 Å². The molecular weight excluding hydrogens is 196 g/mol. The van der Waals surface area contributed by atoms with Crippen LogP contribution in [0.5, 0.6) is 5.88 Å². The highest BCUT2D eigenvalue weighted by molar-refractivity contribution is 7.80. The highest BCUT2D eigenvalue weighted by Gasteiger charge is 2.06. The normalized spacial score (nSPS) is 9.50. The third kappa shape index (κ3) is 1.84. The van der Waals surface area contributed by atoms with Gasteiger partial charge in [-0.2, -0.15) is 0 Å². The van der Waals surface area contributed by atoms with Crippen LogP contribution in [0.2, 0.25) is 5.15 Å². The third-order valence-corrected chi connectivity index (χ3v) is 1.72. The average molecular weight is 203 g/mol. The number of aromatic nitrogens is 1. The van der Waals surface area contributed by atoms with Gasteiger partial charge in [-0.25, -0.2) is 4.98 Å². The van der Waals surface area contributed by atoms with Gasteiger partial charge < -0.3 is 10.5 Å². The molecule has 2 N–H and O–H groups in total. The standard InChI is InChI=1S/C7H7ClN2OS/c1-11-7-4(6(9)12)2-3-5(8)10-7/h2-3H,1H3,(H2,9,12). The van der Waals surface area contributed by atoms with Crippen LogP contribution in [-0.2, 0) is 0 Å². The largest absolute Gasteiger partial charge is 0.480 e. The van der Waals surface area contributed by atoms with Gasteiger partial charge in [0.25, 0.3) is 0 Å². The van der Waals surface area contributed by atoms with Crippen molar-refractivity contribution in [3.63, 3.8) is 0 Å². The van der Waals surface area contributed by atoms with Gasteiger partial charge in [-0.3, -0.25) is 0 Å². The molecule has 3 nitrogen and oxygen atoms in total. The fraction of sp³-hybridized carbons (Fsp3) is 0.143. The van der Waals surface area contributed by atoms with Crippen LogP contribution in [0, 0.1) is 0 Å². The molecule has 0 atom stereocenters. The minimum absolute atomic E-state index is 0.246. The Balaban J connectivity index is 3.20. The maximum absolute atomic E-state index is 5.63. The second kappa shape index (κ2) is 3.69. The summed E-state index contributed by atoms with van der Waals surface area (Å²) < 4.78 is 4.92. The Morgan fingerprint density at radius 3 is 2.83 bits per heavy atom. The Morgan fingerprint density at radius 1 is 1.67 bits per heavy atom. The van der Waals surface area contributed by atoms with Crippen LogP contribution in [0.15, 0.2) is 12.1 Å². The predicted octanol–water partition coefficient (Wildman–Crippen LogP) is 1.38. The van der Waals surface area contributed by atoms with Crippen molar-refractivity contribution in [2.24, 2.45) is 5.73 Å². The van der Waals surface area contributed by atoms with Crippen LogP contribution in [-0.4, -0.2) is 17.1 Å². The Morgan fingerprint density at radius 2 is 2.33 bits per heavy atom. The van der Waals surface area contributed by atoms with E-state index < -0.39 is 0 Å². The van der Waals surface area contributed by atoms with Crippen LogP contribution in [0.1, 0.15) is 5.56 Å². The lowest BCUT2D eigenvalue weighted by Gasteiger charge is -2.04. The van der Waals surface area contributed by atoms with Crippen LogP contribution in [0.3, 0.4) is 0 Å². The quantitative estimate of drug-likeness (QED) is 0.582. The van der Waals surface area contributed by atoms with Crippen molar-refractivity contribution < 1.29 is 4.74 Å². The first-order valence-electron chi connectivity index (χ1n) is 3.15. The smallest absolute Gasteiger partial charge is 0.224 e. The monoisotopic (exact) mass is 202 g/mol. The number of hydrogen-bond donors (Lipinski definition) is 1. The van der Waals surface area contributed by atoms with E-state index >= 15 is 0 Å². The maximum atomic E-state index is 5.63. The summed E-state index contributed by atoms with van der Waals surface area (Å²) in [5.41, 5.74) is 6.00. The molecule has 0 spiro atoms. The molecule has 1 aromatic heterocycles. The van der Waals surface area contributed by atoms with Crippen molar-refractivity contribution in [2.75, 3.05) is 7.11 Å². The number of thiocarbonyl (C=S) groups is 1. The summed E-state index contributed by atoms with van der Waals surface area (Å²) in [6.45, 7) is 0. The second-order valence-electron chi connectivity index (χ2n) is 2.06. The van der Waals surface area contributed by atoms with Crippen LogP contribution in [0.25, 0.3) is 0 Å². The van der Waals surface area contributed by atoms with Crippen molar-refractivity contribution in [2.45, 2.75) is 0 Å². The molecule has 0 aliphatic carbocycles. The zero-order valence-corrected chi connectivity index (χ0v) is 7.95.